The van der Waals surface area contributed by atoms with Crippen molar-refractivity contribution in [3.8, 4) is 0 Å². The van der Waals surface area contributed by atoms with Gasteiger partial charge in [0.05, 0.1) is 6.61 Å². The Hall–Kier alpha value is -0.120. The minimum absolute atomic E-state index is 0.170. The smallest absolute Gasteiger partial charge is 0.0630 e. The van der Waals surface area contributed by atoms with Gasteiger partial charge in [-0.05, 0) is 33.2 Å². The number of likely N-dealkylation sites (N-methyl/N-ethyl adjacent to an activating group) is 1. The maximum Gasteiger partial charge on any atom is 0.0630 e. The Morgan fingerprint density at radius 2 is 1.82 bits per heavy atom. The molecule has 0 fully saturated rings. The Balaban J connectivity index is 4.35. The SMILES string of the molecule is CCN(CC(C)C)C(CNC(C)(C)C)COC. The summed E-state index contributed by atoms with van der Waals surface area (Å²) in [6.45, 7) is 17.4. The van der Waals surface area contributed by atoms with Crippen molar-refractivity contribution in [3.63, 3.8) is 0 Å². The van der Waals surface area contributed by atoms with E-state index in [0.29, 0.717) is 12.0 Å². The van der Waals surface area contributed by atoms with Crippen LogP contribution in [0.15, 0.2) is 0 Å². The van der Waals surface area contributed by atoms with E-state index in [4.69, 9.17) is 4.74 Å². The molecule has 0 bridgehead atoms. The maximum absolute atomic E-state index is 5.35. The maximum atomic E-state index is 5.35. The molecule has 0 amide bonds. The average molecular weight is 244 g/mol. The van der Waals surface area contributed by atoms with Gasteiger partial charge in [-0.15, -0.1) is 0 Å². The largest absolute Gasteiger partial charge is 0.383 e. The summed E-state index contributed by atoms with van der Waals surface area (Å²) in [7, 11) is 1.79. The number of methoxy groups -OCH3 is 1. The van der Waals surface area contributed by atoms with Crippen LogP contribution in [0.25, 0.3) is 0 Å². The molecule has 1 unspecified atom stereocenters. The van der Waals surface area contributed by atoms with Gasteiger partial charge in [0, 0.05) is 31.8 Å². The monoisotopic (exact) mass is 244 g/mol. The first kappa shape index (κ1) is 16.9. The normalized spacial score (nSPS) is 14.6. The summed E-state index contributed by atoms with van der Waals surface area (Å²) < 4.78 is 5.35. The van der Waals surface area contributed by atoms with E-state index in [1.54, 1.807) is 7.11 Å². The van der Waals surface area contributed by atoms with E-state index in [-0.39, 0.29) is 5.54 Å². The van der Waals surface area contributed by atoms with Crippen LogP contribution >= 0.6 is 0 Å². The van der Waals surface area contributed by atoms with Crippen molar-refractivity contribution in [2.45, 2.75) is 53.1 Å². The van der Waals surface area contributed by atoms with E-state index >= 15 is 0 Å². The van der Waals surface area contributed by atoms with Gasteiger partial charge in [-0.1, -0.05) is 20.8 Å². The lowest BCUT2D eigenvalue weighted by atomic mass is 10.1. The molecular formula is C14H32N2O. The van der Waals surface area contributed by atoms with Crippen molar-refractivity contribution < 1.29 is 4.74 Å². The zero-order valence-corrected chi connectivity index (χ0v) is 12.8. The van der Waals surface area contributed by atoms with Gasteiger partial charge in [-0.25, -0.2) is 0 Å². The Kier molecular flexibility index (Phi) is 8.01. The number of ether oxygens (including phenoxy) is 1. The van der Waals surface area contributed by atoms with Crippen molar-refractivity contribution in [1.82, 2.24) is 10.2 Å². The Bertz CT molecular complexity index is 187. The summed E-state index contributed by atoms with van der Waals surface area (Å²) >= 11 is 0. The van der Waals surface area contributed by atoms with E-state index in [1.165, 1.54) is 0 Å². The number of nitrogens with zero attached hydrogens (tertiary/aromatic N) is 1. The van der Waals surface area contributed by atoms with Crippen LogP contribution in [0.3, 0.4) is 0 Å². The van der Waals surface area contributed by atoms with E-state index in [9.17, 15) is 0 Å². The lowest BCUT2D eigenvalue weighted by Gasteiger charge is -2.34. The number of rotatable bonds is 8. The fourth-order valence-electron chi connectivity index (χ4n) is 1.92. The topological polar surface area (TPSA) is 24.5 Å². The summed E-state index contributed by atoms with van der Waals surface area (Å²) in [6.07, 6.45) is 0. The highest BCUT2D eigenvalue weighted by Gasteiger charge is 2.20. The molecule has 0 aromatic carbocycles. The average Bonchev–Trinajstić information content (AvgIpc) is 2.19. The molecular weight excluding hydrogens is 212 g/mol. The summed E-state index contributed by atoms with van der Waals surface area (Å²) in [6, 6.07) is 0.464. The van der Waals surface area contributed by atoms with Crippen LogP contribution in [0.4, 0.5) is 0 Å². The third-order valence-electron chi connectivity index (χ3n) is 2.75. The summed E-state index contributed by atoms with van der Waals surface area (Å²) in [4.78, 5) is 2.51. The third kappa shape index (κ3) is 8.58. The van der Waals surface area contributed by atoms with Gasteiger partial charge in [-0.2, -0.15) is 0 Å². The second kappa shape index (κ2) is 8.06. The van der Waals surface area contributed by atoms with E-state index in [1.807, 2.05) is 0 Å². The molecule has 0 spiro atoms. The molecule has 0 rings (SSSR count). The molecule has 0 saturated heterocycles. The number of hydrogen-bond acceptors (Lipinski definition) is 3. The second-order valence-corrected chi connectivity index (χ2v) is 6.22. The molecule has 0 heterocycles. The van der Waals surface area contributed by atoms with Crippen LogP contribution in [0, 0.1) is 5.92 Å². The van der Waals surface area contributed by atoms with E-state index in [2.05, 4.69) is 51.8 Å². The van der Waals surface area contributed by atoms with Crippen LogP contribution in [-0.4, -0.2) is 49.8 Å². The minimum atomic E-state index is 0.170. The molecule has 0 aliphatic rings. The van der Waals surface area contributed by atoms with Crippen LogP contribution in [-0.2, 0) is 4.74 Å². The van der Waals surface area contributed by atoms with Gasteiger partial charge in [0.2, 0.25) is 0 Å². The summed E-state index contributed by atoms with van der Waals surface area (Å²) in [5, 5.41) is 3.57. The van der Waals surface area contributed by atoms with Crippen LogP contribution in [0.1, 0.15) is 41.5 Å². The van der Waals surface area contributed by atoms with Crippen molar-refractivity contribution in [3.05, 3.63) is 0 Å². The van der Waals surface area contributed by atoms with Crippen molar-refractivity contribution >= 4 is 0 Å². The highest BCUT2D eigenvalue weighted by Crippen LogP contribution is 2.07. The quantitative estimate of drug-likeness (QED) is 0.709. The Labute approximate surface area is 108 Å². The van der Waals surface area contributed by atoms with Crippen molar-refractivity contribution in [1.29, 1.82) is 0 Å². The first-order valence-electron chi connectivity index (χ1n) is 6.78. The van der Waals surface area contributed by atoms with E-state index < -0.39 is 0 Å². The molecule has 0 aliphatic carbocycles. The molecule has 3 heteroatoms. The fraction of sp³-hybridized carbons (Fsp3) is 1.00. The molecule has 0 aromatic rings. The lowest BCUT2D eigenvalue weighted by Crippen LogP contribution is -2.50. The van der Waals surface area contributed by atoms with Gasteiger partial charge in [0.15, 0.2) is 0 Å². The van der Waals surface area contributed by atoms with Crippen molar-refractivity contribution in [2.24, 2.45) is 5.92 Å². The van der Waals surface area contributed by atoms with Crippen molar-refractivity contribution in [2.75, 3.05) is 33.4 Å². The van der Waals surface area contributed by atoms with Crippen LogP contribution in [0.2, 0.25) is 0 Å². The minimum Gasteiger partial charge on any atom is -0.383 e. The van der Waals surface area contributed by atoms with Gasteiger partial charge in [0.25, 0.3) is 0 Å². The van der Waals surface area contributed by atoms with E-state index in [0.717, 1.165) is 26.2 Å². The first-order chi connectivity index (χ1) is 7.80. The predicted octanol–water partition coefficient (Wildman–Crippen LogP) is 2.37. The number of nitrogens with one attached hydrogen (secondary N) is 1. The van der Waals surface area contributed by atoms with Crippen LogP contribution in [0.5, 0.6) is 0 Å². The molecule has 104 valence electrons. The van der Waals surface area contributed by atoms with Gasteiger partial charge >= 0.3 is 0 Å². The van der Waals surface area contributed by atoms with Gasteiger partial charge in [-0.3, -0.25) is 4.90 Å². The van der Waals surface area contributed by atoms with Crippen LogP contribution < -0.4 is 5.32 Å². The molecule has 0 radical (unpaired) electrons. The standard InChI is InChI=1S/C14H32N2O/c1-8-16(10-12(2)3)13(11-17-7)9-15-14(4,5)6/h12-13,15H,8-11H2,1-7H3. The van der Waals surface area contributed by atoms with Gasteiger partial charge in [0.1, 0.15) is 0 Å². The molecule has 0 aliphatic heterocycles. The Morgan fingerprint density at radius 3 is 2.18 bits per heavy atom. The molecule has 17 heavy (non-hydrogen) atoms. The molecule has 1 N–H and O–H groups in total. The summed E-state index contributed by atoms with van der Waals surface area (Å²) in [5.41, 5.74) is 0.170. The molecule has 0 aromatic heterocycles. The highest BCUT2D eigenvalue weighted by molar-refractivity contribution is 4.79. The first-order valence-corrected chi connectivity index (χ1v) is 6.78. The van der Waals surface area contributed by atoms with Gasteiger partial charge < -0.3 is 10.1 Å². The summed E-state index contributed by atoms with van der Waals surface area (Å²) in [5.74, 6) is 0.698. The lowest BCUT2D eigenvalue weighted by molar-refractivity contribution is 0.0812. The second-order valence-electron chi connectivity index (χ2n) is 6.22. The zero-order chi connectivity index (χ0) is 13.5. The fourth-order valence-corrected chi connectivity index (χ4v) is 1.92. The third-order valence-corrected chi connectivity index (χ3v) is 2.75. The zero-order valence-electron chi connectivity index (χ0n) is 12.8. The highest BCUT2D eigenvalue weighted by atomic mass is 16.5. The molecule has 1 atom stereocenters. The molecule has 0 saturated carbocycles. The predicted molar refractivity (Wildman–Crippen MR) is 75.5 cm³/mol. The Morgan fingerprint density at radius 1 is 1.24 bits per heavy atom. The molecule has 3 nitrogen and oxygen atoms in total. The number of hydrogen-bond donors (Lipinski definition) is 1.